The molecule has 2 aromatic carbocycles. The van der Waals surface area contributed by atoms with Crippen molar-refractivity contribution in [2.24, 2.45) is 5.92 Å². The molecule has 27 heavy (non-hydrogen) atoms. The summed E-state index contributed by atoms with van der Waals surface area (Å²) in [4.78, 5) is 13.0. The van der Waals surface area contributed by atoms with Crippen molar-refractivity contribution in [3.05, 3.63) is 47.5 Å². The quantitative estimate of drug-likeness (QED) is 0.810. The van der Waals surface area contributed by atoms with Crippen LogP contribution in [0.3, 0.4) is 0 Å². The Morgan fingerprint density at radius 3 is 2.22 bits per heavy atom. The van der Waals surface area contributed by atoms with Gasteiger partial charge in [0.2, 0.25) is 0 Å². The summed E-state index contributed by atoms with van der Waals surface area (Å²) in [5.41, 5.74) is 3.59. The normalized spacial score (nSPS) is 19.4. The van der Waals surface area contributed by atoms with Gasteiger partial charge in [-0.3, -0.25) is 4.79 Å². The summed E-state index contributed by atoms with van der Waals surface area (Å²) in [5.74, 6) is 2.17. The van der Waals surface area contributed by atoms with Crippen molar-refractivity contribution in [3.63, 3.8) is 0 Å². The van der Waals surface area contributed by atoms with Gasteiger partial charge in [-0.1, -0.05) is 19.1 Å². The molecule has 4 heteroatoms. The third kappa shape index (κ3) is 4.44. The van der Waals surface area contributed by atoms with Crippen LogP contribution in [0.15, 0.2) is 36.4 Å². The maximum absolute atomic E-state index is 13.0. The molecule has 4 nitrogen and oxygen atoms in total. The van der Waals surface area contributed by atoms with E-state index in [0.717, 1.165) is 41.2 Å². The molecule has 1 fully saturated rings. The van der Waals surface area contributed by atoms with E-state index < -0.39 is 0 Å². The van der Waals surface area contributed by atoms with E-state index in [1.807, 2.05) is 37.3 Å². The highest BCUT2D eigenvalue weighted by Crippen LogP contribution is 2.32. The molecule has 0 aromatic heterocycles. The lowest BCUT2D eigenvalue weighted by Crippen LogP contribution is -2.37. The molecule has 0 spiro atoms. The second-order valence-electron chi connectivity index (χ2n) is 7.53. The molecule has 0 heterocycles. The minimum Gasteiger partial charge on any atom is -0.497 e. The molecule has 1 aliphatic carbocycles. The number of hydrogen-bond acceptors (Lipinski definition) is 3. The van der Waals surface area contributed by atoms with Crippen molar-refractivity contribution in [2.75, 3.05) is 14.2 Å². The number of carbonyl (C=O) groups is 1. The molecular formula is C23H29NO3. The molecule has 1 aliphatic rings. The van der Waals surface area contributed by atoms with Crippen LogP contribution in [0.5, 0.6) is 11.5 Å². The van der Waals surface area contributed by atoms with Crippen molar-refractivity contribution >= 4 is 5.91 Å². The summed E-state index contributed by atoms with van der Waals surface area (Å²) in [7, 11) is 3.27. The van der Waals surface area contributed by atoms with E-state index in [2.05, 4.69) is 18.3 Å². The molecule has 0 atom stereocenters. The fraction of sp³-hybridized carbons (Fsp3) is 0.435. The Hall–Kier alpha value is -2.49. The summed E-state index contributed by atoms with van der Waals surface area (Å²) in [6.45, 7) is 4.26. The molecule has 1 saturated carbocycles. The first-order valence-electron chi connectivity index (χ1n) is 9.65. The highest BCUT2D eigenvalue weighted by Gasteiger charge is 2.23. The predicted molar refractivity (Wildman–Crippen MR) is 109 cm³/mol. The van der Waals surface area contributed by atoms with Gasteiger partial charge in [-0.15, -0.1) is 0 Å². The van der Waals surface area contributed by atoms with Crippen molar-refractivity contribution in [1.29, 1.82) is 0 Å². The maximum Gasteiger partial charge on any atom is 0.255 e. The topological polar surface area (TPSA) is 47.6 Å². The first kappa shape index (κ1) is 19.3. The SMILES string of the molecule is COc1ccc(-c2cc(C)c(OC)c(C(=O)NC3CCC(C)CC3)c2)cc1. The summed E-state index contributed by atoms with van der Waals surface area (Å²) in [6.07, 6.45) is 4.44. The summed E-state index contributed by atoms with van der Waals surface area (Å²) in [5, 5.41) is 3.22. The number of ether oxygens (including phenoxy) is 2. The summed E-state index contributed by atoms with van der Waals surface area (Å²) >= 11 is 0. The number of methoxy groups -OCH3 is 2. The molecule has 3 rings (SSSR count). The smallest absolute Gasteiger partial charge is 0.255 e. The van der Waals surface area contributed by atoms with Gasteiger partial charge in [0.05, 0.1) is 19.8 Å². The van der Waals surface area contributed by atoms with Gasteiger partial charge in [-0.2, -0.15) is 0 Å². The zero-order valence-electron chi connectivity index (χ0n) is 16.7. The third-order valence-corrected chi connectivity index (χ3v) is 5.50. The minimum absolute atomic E-state index is 0.0511. The largest absolute Gasteiger partial charge is 0.497 e. The molecule has 0 saturated heterocycles. The fourth-order valence-corrected chi connectivity index (χ4v) is 3.83. The first-order chi connectivity index (χ1) is 13.0. The maximum atomic E-state index is 13.0. The van der Waals surface area contributed by atoms with E-state index in [9.17, 15) is 4.79 Å². The van der Waals surface area contributed by atoms with Crippen LogP contribution < -0.4 is 14.8 Å². The van der Waals surface area contributed by atoms with E-state index in [1.54, 1.807) is 14.2 Å². The number of hydrogen-bond donors (Lipinski definition) is 1. The second kappa shape index (κ2) is 8.47. The molecular weight excluding hydrogens is 338 g/mol. The molecule has 0 aliphatic heterocycles. The molecule has 1 N–H and O–H groups in total. The zero-order valence-corrected chi connectivity index (χ0v) is 16.7. The Morgan fingerprint density at radius 2 is 1.63 bits per heavy atom. The van der Waals surface area contributed by atoms with E-state index in [4.69, 9.17) is 9.47 Å². The van der Waals surface area contributed by atoms with Crippen molar-refractivity contribution in [1.82, 2.24) is 5.32 Å². The molecule has 1 amide bonds. The van der Waals surface area contributed by atoms with E-state index in [1.165, 1.54) is 12.8 Å². The van der Waals surface area contributed by atoms with Gasteiger partial charge in [0, 0.05) is 6.04 Å². The third-order valence-electron chi connectivity index (χ3n) is 5.50. The lowest BCUT2D eigenvalue weighted by molar-refractivity contribution is 0.0920. The molecule has 0 unspecified atom stereocenters. The van der Waals surface area contributed by atoms with Gasteiger partial charge in [0.25, 0.3) is 5.91 Å². The van der Waals surface area contributed by atoms with Crippen LogP contribution in [0.4, 0.5) is 0 Å². The van der Waals surface area contributed by atoms with Gasteiger partial charge in [-0.25, -0.2) is 0 Å². The number of aryl methyl sites for hydroxylation is 1. The van der Waals surface area contributed by atoms with Gasteiger partial charge in [0.1, 0.15) is 11.5 Å². The summed E-state index contributed by atoms with van der Waals surface area (Å²) in [6, 6.07) is 12.1. The monoisotopic (exact) mass is 367 g/mol. The Morgan fingerprint density at radius 1 is 0.963 bits per heavy atom. The Bertz CT molecular complexity index is 790. The van der Waals surface area contributed by atoms with Crippen molar-refractivity contribution < 1.29 is 14.3 Å². The molecule has 2 aromatic rings. The Labute approximate surface area is 161 Å². The van der Waals surface area contributed by atoms with Crippen LogP contribution in [-0.2, 0) is 0 Å². The van der Waals surface area contributed by atoms with Gasteiger partial charge in [-0.05, 0) is 79.5 Å². The average molecular weight is 367 g/mol. The molecule has 0 radical (unpaired) electrons. The van der Waals surface area contributed by atoms with Gasteiger partial charge < -0.3 is 14.8 Å². The van der Waals surface area contributed by atoms with Crippen molar-refractivity contribution in [3.8, 4) is 22.6 Å². The van der Waals surface area contributed by atoms with E-state index in [-0.39, 0.29) is 11.9 Å². The average Bonchev–Trinajstić information content (AvgIpc) is 2.69. The lowest BCUT2D eigenvalue weighted by Gasteiger charge is -2.27. The first-order valence-corrected chi connectivity index (χ1v) is 9.65. The Balaban J connectivity index is 1.88. The fourth-order valence-electron chi connectivity index (χ4n) is 3.83. The zero-order chi connectivity index (χ0) is 19.4. The van der Waals surface area contributed by atoms with Crippen LogP contribution in [0.1, 0.15) is 48.5 Å². The van der Waals surface area contributed by atoms with Gasteiger partial charge >= 0.3 is 0 Å². The summed E-state index contributed by atoms with van der Waals surface area (Å²) < 4.78 is 10.8. The number of nitrogens with one attached hydrogen (secondary N) is 1. The van der Waals surface area contributed by atoms with Crippen molar-refractivity contribution in [2.45, 2.75) is 45.6 Å². The number of benzene rings is 2. The lowest BCUT2D eigenvalue weighted by atomic mass is 9.87. The van der Waals surface area contributed by atoms with E-state index >= 15 is 0 Å². The van der Waals surface area contributed by atoms with Crippen LogP contribution >= 0.6 is 0 Å². The number of carbonyl (C=O) groups excluding carboxylic acids is 1. The second-order valence-corrected chi connectivity index (χ2v) is 7.53. The van der Waals surface area contributed by atoms with Crippen LogP contribution in [0.25, 0.3) is 11.1 Å². The highest BCUT2D eigenvalue weighted by atomic mass is 16.5. The van der Waals surface area contributed by atoms with Crippen LogP contribution in [0.2, 0.25) is 0 Å². The minimum atomic E-state index is -0.0511. The number of rotatable bonds is 5. The van der Waals surface area contributed by atoms with E-state index in [0.29, 0.717) is 11.3 Å². The van der Waals surface area contributed by atoms with Gasteiger partial charge in [0.15, 0.2) is 0 Å². The van der Waals surface area contributed by atoms with Crippen LogP contribution in [0, 0.1) is 12.8 Å². The standard InChI is InChI=1S/C23H29NO3/c1-15-5-9-19(10-6-15)24-23(25)21-14-18(13-16(2)22(21)27-4)17-7-11-20(26-3)12-8-17/h7-8,11-15,19H,5-6,9-10H2,1-4H3,(H,24,25). The predicted octanol–water partition coefficient (Wildman–Crippen LogP) is 4.99. The molecule has 0 bridgehead atoms. The number of amides is 1. The molecule has 144 valence electrons. The Kier molecular flexibility index (Phi) is 6.04. The van der Waals surface area contributed by atoms with Crippen LogP contribution in [-0.4, -0.2) is 26.2 Å². The highest BCUT2D eigenvalue weighted by molar-refractivity contribution is 5.99.